The van der Waals surface area contributed by atoms with E-state index in [-0.39, 0.29) is 5.82 Å². The van der Waals surface area contributed by atoms with Crippen LogP contribution in [0.4, 0.5) is 9.52 Å². The molecule has 6 heteroatoms. The largest absolute Gasteiger partial charge is 0.375 e. The minimum atomic E-state index is -0.242. The molecule has 0 aliphatic heterocycles. The summed E-state index contributed by atoms with van der Waals surface area (Å²) in [5, 5.41) is 1.38. The standard InChI is InChI=1S/C11H8FN3S2/c1-5-9(17-11(13)14-5)10-15-7-3-2-6(12)4-8(7)16-10/h2-4H,1H3,(H2,13,14). The molecule has 2 N–H and O–H groups in total. The van der Waals surface area contributed by atoms with Crippen LogP contribution in [-0.2, 0) is 0 Å². The normalized spacial score (nSPS) is 11.2. The lowest BCUT2D eigenvalue weighted by Crippen LogP contribution is -1.80. The molecule has 0 aliphatic rings. The van der Waals surface area contributed by atoms with E-state index in [0.29, 0.717) is 5.13 Å². The molecular formula is C11H8FN3S2. The molecule has 0 amide bonds. The number of fused-ring (bicyclic) bond motifs is 1. The Labute approximate surface area is 105 Å². The van der Waals surface area contributed by atoms with Crippen molar-refractivity contribution >= 4 is 38.0 Å². The predicted octanol–water partition coefficient (Wildman–Crippen LogP) is 3.45. The number of nitrogen functional groups attached to an aromatic ring is 1. The van der Waals surface area contributed by atoms with Crippen molar-refractivity contribution in [3.63, 3.8) is 0 Å². The fourth-order valence-electron chi connectivity index (χ4n) is 1.61. The summed E-state index contributed by atoms with van der Waals surface area (Å²) in [6.45, 7) is 1.90. The summed E-state index contributed by atoms with van der Waals surface area (Å²) in [6, 6.07) is 4.60. The van der Waals surface area contributed by atoms with Crippen LogP contribution in [0.25, 0.3) is 20.1 Å². The maximum atomic E-state index is 13.1. The zero-order chi connectivity index (χ0) is 12.0. The van der Waals surface area contributed by atoms with E-state index >= 15 is 0 Å². The van der Waals surface area contributed by atoms with Crippen molar-refractivity contribution in [1.29, 1.82) is 0 Å². The third-order valence-corrected chi connectivity index (χ3v) is 4.52. The highest BCUT2D eigenvalue weighted by Gasteiger charge is 2.13. The maximum Gasteiger partial charge on any atom is 0.180 e. The summed E-state index contributed by atoms with van der Waals surface area (Å²) in [7, 11) is 0. The second-order valence-electron chi connectivity index (χ2n) is 3.60. The summed E-state index contributed by atoms with van der Waals surface area (Å²) in [5.41, 5.74) is 7.33. The molecule has 17 heavy (non-hydrogen) atoms. The molecule has 0 aliphatic carbocycles. The topological polar surface area (TPSA) is 51.8 Å². The molecule has 2 heterocycles. The van der Waals surface area contributed by atoms with Crippen LogP contribution in [-0.4, -0.2) is 9.97 Å². The first-order valence-corrected chi connectivity index (χ1v) is 6.56. The van der Waals surface area contributed by atoms with Crippen molar-refractivity contribution in [2.75, 3.05) is 5.73 Å². The lowest BCUT2D eigenvalue weighted by atomic mass is 10.3. The number of hydrogen-bond acceptors (Lipinski definition) is 5. The van der Waals surface area contributed by atoms with Crippen molar-refractivity contribution in [2.45, 2.75) is 6.92 Å². The predicted molar refractivity (Wildman–Crippen MR) is 69.8 cm³/mol. The summed E-state index contributed by atoms with van der Waals surface area (Å²) in [4.78, 5) is 9.59. The first-order valence-electron chi connectivity index (χ1n) is 4.93. The lowest BCUT2D eigenvalue weighted by Gasteiger charge is -1.88. The number of aromatic nitrogens is 2. The van der Waals surface area contributed by atoms with Crippen molar-refractivity contribution in [1.82, 2.24) is 9.97 Å². The average molecular weight is 265 g/mol. The highest BCUT2D eigenvalue weighted by molar-refractivity contribution is 7.26. The van der Waals surface area contributed by atoms with E-state index in [4.69, 9.17) is 5.73 Å². The van der Waals surface area contributed by atoms with Crippen molar-refractivity contribution in [3.8, 4) is 9.88 Å². The van der Waals surface area contributed by atoms with Crippen LogP contribution in [0.3, 0.4) is 0 Å². The quantitative estimate of drug-likeness (QED) is 0.733. The van der Waals surface area contributed by atoms with Gasteiger partial charge in [0.15, 0.2) is 5.13 Å². The number of nitrogens with zero attached hydrogens (tertiary/aromatic N) is 2. The number of aryl methyl sites for hydroxylation is 1. The summed E-state index contributed by atoms with van der Waals surface area (Å²) in [6.07, 6.45) is 0. The summed E-state index contributed by atoms with van der Waals surface area (Å²) < 4.78 is 13.9. The van der Waals surface area contributed by atoms with Crippen LogP contribution in [0.2, 0.25) is 0 Å². The molecule has 0 radical (unpaired) electrons. The van der Waals surface area contributed by atoms with Gasteiger partial charge in [-0.2, -0.15) is 0 Å². The van der Waals surface area contributed by atoms with Gasteiger partial charge in [-0.1, -0.05) is 11.3 Å². The number of anilines is 1. The van der Waals surface area contributed by atoms with Crippen LogP contribution < -0.4 is 5.73 Å². The number of rotatable bonds is 1. The molecule has 0 unspecified atom stereocenters. The Morgan fingerprint density at radius 1 is 1.24 bits per heavy atom. The van der Waals surface area contributed by atoms with Gasteiger partial charge >= 0.3 is 0 Å². The van der Waals surface area contributed by atoms with Crippen LogP contribution in [0.5, 0.6) is 0 Å². The van der Waals surface area contributed by atoms with Gasteiger partial charge in [0.2, 0.25) is 0 Å². The number of thiazole rings is 2. The Bertz CT molecular complexity index is 702. The Morgan fingerprint density at radius 3 is 2.76 bits per heavy atom. The molecule has 0 saturated heterocycles. The smallest absolute Gasteiger partial charge is 0.180 e. The molecule has 3 aromatic rings. The van der Waals surface area contributed by atoms with Gasteiger partial charge in [-0.3, -0.25) is 0 Å². The molecule has 2 aromatic heterocycles. The Morgan fingerprint density at radius 2 is 2.06 bits per heavy atom. The lowest BCUT2D eigenvalue weighted by molar-refractivity contribution is 0.630. The Kier molecular flexibility index (Phi) is 2.34. The zero-order valence-electron chi connectivity index (χ0n) is 8.90. The van der Waals surface area contributed by atoms with Gasteiger partial charge in [0.25, 0.3) is 0 Å². The van der Waals surface area contributed by atoms with Gasteiger partial charge in [-0.15, -0.1) is 11.3 Å². The van der Waals surface area contributed by atoms with Crippen molar-refractivity contribution in [3.05, 3.63) is 29.7 Å². The van der Waals surface area contributed by atoms with E-state index in [1.807, 2.05) is 6.92 Å². The molecule has 1 aromatic carbocycles. The SMILES string of the molecule is Cc1nc(N)sc1-c1nc2ccc(F)cc2s1. The van der Waals surface area contributed by atoms with Crippen LogP contribution in [0, 0.1) is 12.7 Å². The molecule has 0 bridgehead atoms. The number of halogens is 1. The monoisotopic (exact) mass is 265 g/mol. The Hall–Kier alpha value is -1.53. The minimum absolute atomic E-state index is 0.242. The number of benzene rings is 1. The highest BCUT2D eigenvalue weighted by atomic mass is 32.1. The van der Waals surface area contributed by atoms with Gasteiger partial charge < -0.3 is 5.73 Å². The van der Waals surface area contributed by atoms with Crippen molar-refractivity contribution in [2.24, 2.45) is 0 Å². The number of nitrogens with two attached hydrogens (primary N) is 1. The molecule has 0 spiro atoms. The molecule has 0 saturated carbocycles. The van der Waals surface area contributed by atoms with Gasteiger partial charge in [-0.05, 0) is 25.1 Å². The van der Waals surface area contributed by atoms with E-state index in [0.717, 1.165) is 25.8 Å². The summed E-state index contributed by atoms with van der Waals surface area (Å²) in [5.74, 6) is -0.242. The second-order valence-corrected chi connectivity index (χ2v) is 5.66. The molecule has 0 atom stereocenters. The van der Waals surface area contributed by atoms with Crippen LogP contribution >= 0.6 is 22.7 Å². The van der Waals surface area contributed by atoms with Gasteiger partial charge in [0.05, 0.1) is 20.8 Å². The zero-order valence-corrected chi connectivity index (χ0v) is 10.5. The van der Waals surface area contributed by atoms with E-state index in [2.05, 4.69) is 9.97 Å². The van der Waals surface area contributed by atoms with Gasteiger partial charge in [0.1, 0.15) is 10.8 Å². The average Bonchev–Trinajstić information content (AvgIpc) is 2.80. The first kappa shape index (κ1) is 10.6. The molecule has 3 nitrogen and oxygen atoms in total. The second kappa shape index (κ2) is 3.75. The first-order chi connectivity index (χ1) is 8.13. The van der Waals surface area contributed by atoms with Crippen LogP contribution in [0.1, 0.15) is 5.69 Å². The molecule has 86 valence electrons. The molecular weight excluding hydrogens is 257 g/mol. The third kappa shape index (κ3) is 1.79. The van der Waals surface area contributed by atoms with Gasteiger partial charge in [-0.25, -0.2) is 14.4 Å². The van der Waals surface area contributed by atoms with E-state index in [1.54, 1.807) is 6.07 Å². The van der Waals surface area contributed by atoms with Crippen molar-refractivity contribution < 1.29 is 4.39 Å². The summed E-state index contributed by atoms with van der Waals surface area (Å²) >= 11 is 2.86. The Balaban J connectivity index is 2.21. The van der Waals surface area contributed by atoms with E-state index < -0.39 is 0 Å². The third-order valence-electron chi connectivity index (χ3n) is 2.36. The molecule has 3 rings (SSSR count). The van der Waals surface area contributed by atoms with E-state index in [1.165, 1.54) is 34.8 Å². The van der Waals surface area contributed by atoms with Gasteiger partial charge in [0, 0.05) is 0 Å². The number of hydrogen-bond donors (Lipinski definition) is 1. The molecule has 0 fully saturated rings. The maximum absolute atomic E-state index is 13.1. The minimum Gasteiger partial charge on any atom is -0.375 e. The fraction of sp³-hybridized carbons (Fsp3) is 0.0909. The van der Waals surface area contributed by atoms with E-state index in [9.17, 15) is 4.39 Å². The fourth-order valence-corrected chi connectivity index (χ4v) is 3.56. The highest BCUT2D eigenvalue weighted by Crippen LogP contribution is 2.36. The van der Waals surface area contributed by atoms with Crippen LogP contribution in [0.15, 0.2) is 18.2 Å².